The van der Waals surface area contributed by atoms with Crippen LogP contribution < -0.4 is 10.1 Å². The molecule has 0 amide bonds. The maximum absolute atomic E-state index is 5.76. The van der Waals surface area contributed by atoms with Crippen molar-refractivity contribution in [2.24, 2.45) is 11.8 Å². The van der Waals surface area contributed by atoms with E-state index in [1.54, 1.807) is 0 Å². The van der Waals surface area contributed by atoms with Gasteiger partial charge in [-0.1, -0.05) is 27.7 Å². The second-order valence-electron chi connectivity index (χ2n) is 6.35. The van der Waals surface area contributed by atoms with E-state index in [0.717, 1.165) is 30.8 Å². The number of aromatic nitrogens is 2. The smallest absolute Gasteiger partial charge is 0.316 e. The molecule has 0 radical (unpaired) electrons. The maximum atomic E-state index is 5.76. The molecule has 114 valence electrons. The summed E-state index contributed by atoms with van der Waals surface area (Å²) in [6.07, 6.45) is 3.03. The number of rotatable bonds is 8. The summed E-state index contributed by atoms with van der Waals surface area (Å²) in [4.78, 5) is 8.76. The fourth-order valence-electron chi connectivity index (χ4n) is 2.09. The van der Waals surface area contributed by atoms with Crippen LogP contribution in [0.5, 0.6) is 6.01 Å². The molecule has 1 aromatic heterocycles. The van der Waals surface area contributed by atoms with E-state index in [9.17, 15) is 0 Å². The van der Waals surface area contributed by atoms with Gasteiger partial charge in [0.2, 0.25) is 0 Å². The highest BCUT2D eigenvalue weighted by molar-refractivity contribution is 5.17. The van der Waals surface area contributed by atoms with E-state index in [4.69, 9.17) is 4.74 Å². The third-order valence-corrected chi connectivity index (χ3v) is 3.04. The summed E-state index contributed by atoms with van der Waals surface area (Å²) in [6, 6.07) is 0.489. The Morgan fingerprint density at radius 2 is 1.85 bits per heavy atom. The average molecular weight is 279 g/mol. The van der Waals surface area contributed by atoms with Crippen molar-refractivity contribution in [3.8, 4) is 6.01 Å². The highest BCUT2D eigenvalue weighted by Crippen LogP contribution is 2.13. The first kappa shape index (κ1) is 16.9. The molecule has 4 heteroatoms. The van der Waals surface area contributed by atoms with Crippen molar-refractivity contribution >= 4 is 0 Å². The van der Waals surface area contributed by atoms with E-state index >= 15 is 0 Å². The highest BCUT2D eigenvalue weighted by atomic mass is 16.5. The Kier molecular flexibility index (Phi) is 6.93. The van der Waals surface area contributed by atoms with Crippen LogP contribution in [0, 0.1) is 18.8 Å². The first-order chi connectivity index (χ1) is 9.38. The summed E-state index contributed by atoms with van der Waals surface area (Å²) in [6.45, 7) is 14.7. The standard InChI is InChI=1S/C16H29N3O/c1-11(2)7-13(5)20-16-18-10-15(14(6)19-16)9-17-8-12(3)4/h10-13,17H,7-9H2,1-6H3. The Labute approximate surface area is 123 Å². The molecule has 0 fully saturated rings. The van der Waals surface area contributed by atoms with E-state index in [2.05, 4.69) is 49.9 Å². The van der Waals surface area contributed by atoms with E-state index in [0.29, 0.717) is 17.8 Å². The first-order valence-electron chi connectivity index (χ1n) is 7.58. The van der Waals surface area contributed by atoms with Crippen molar-refractivity contribution in [3.05, 3.63) is 17.5 Å². The molecule has 1 atom stereocenters. The summed E-state index contributed by atoms with van der Waals surface area (Å²) in [7, 11) is 0. The van der Waals surface area contributed by atoms with Crippen LogP contribution in [0.25, 0.3) is 0 Å². The van der Waals surface area contributed by atoms with Crippen LogP contribution in [0.1, 0.15) is 52.3 Å². The molecule has 0 aliphatic rings. The summed E-state index contributed by atoms with van der Waals surface area (Å²) in [5.41, 5.74) is 2.12. The monoisotopic (exact) mass is 279 g/mol. The minimum absolute atomic E-state index is 0.152. The number of nitrogens with zero attached hydrogens (tertiary/aromatic N) is 2. The van der Waals surface area contributed by atoms with Gasteiger partial charge in [0.1, 0.15) is 0 Å². The predicted octanol–water partition coefficient (Wildman–Crippen LogP) is 3.34. The minimum atomic E-state index is 0.152. The number of ether oxygens (including phenoxy) is 1. The molecule has 1 unspecified atom stereocenters. The van der Waals surface area contributed by atoms with Crippen LogP contribution in [0.4, 0.5) is 0 Å². The molecule has 0 aromatic carbocycles. The fraction of sp³-hybridized carbons (Fsp3) is 0.750. The van der Waals surface area contributed by atoms with Gasteiger partial charge in [0.05, 0.1) is 6.10 Å². The summed E-state index contributed by atoms with van der Waals surface area (Å²) in [5.74, 6) is 1.27. The molecule has 1 N–H and O–H groups in total. The number of nitrogens with one attached hydrogen (secondary N) is 1. The second kappa shape index (κ2) is 8.20. The zero-order valence-corrected chi connectivity index (χ0v) is 13.7. The van der Waals surface area contributed by atoms with Crippen LogP contribution in [-0.4, -0.2) is 22.6 Å². The van der Waals surface area contributed by atoms with Crippen LogP contribution >= 0.6 is 0 Å². The topological polar surface area (TPSA) is 47.0 Å². The lowest BCUT2D eigenvalue weighted by Gasteiger charge is -2.16. The summed E-state index contributed by atoms with van der Waals surface area (Å²) in [5, 5.41) is 3.41. The van der Waals surface area contributed by atoms with Crippen molar-refractivity contribution in [2.75, 3.05) is 6.54 Å². The predicted molar refractivity (Wildman–Crippen MR) is 82.9 cm³/mol. The van der Waals surface area contributed by atoms with E-state index < -0.39 is 0 Å². The van der Waals surface area contributed by atoms with Gasteiger partial charge in [-0.25, -0.2) is 9.97 Å². The van der Waals surface area contributed by atoms with Crippen LogP contribution in [0.3, 0.4) is 0 Å². The lowest BCUT2D eigenvalue weighted by Crippen LogP contribution is -2.20. The van der Waals surface area contributed by atoms with Gasteiger partial charge in [-0.3, -0.25) is 0 Å². The highest BCUT2D eigenvalue weighted by Gasteiger charge is 2.10. The molecule has 0 bridgehead atoms. The molecular weight excluding hydrogens is 250 g/mol. The second-order valence-corrected chi connectivity index (χ2v) is 6.35. The van der Waals surface area contributed by atoms with Gasteiger partial charge in [-0.2, -0.15) is 0 Å². The molecule has 0 spiro atoms. The Balaban J connectivity index is 2.54. The molecule has 0 aliphatic carbocycles. The molecule has 1 rings (SSSR count). The van der Waals surface area contributed by atoms with Gasteiger partial charge in [-0.05, 0) is 38.6 Å². The van der Waals surface area contributed by atoms with Gasteiger partial charge in [0.25, 0.3) is 0 Å². The van der Waals surface area contributed by atoms with Gasteiger partial charge >= 0.3 is 6.01 Å². The largest absolute Gasteiger partial charge is 0.460 e. The quantitative estimate of drug-likeness (QED) is 0.793. The van der Waals surface area contributed by atoms with Crippen molar-refractivity contribution in [1.29, 1.82) is 0 Å². The Hall–Kier alpha value is -1.16. The molecule has 1 aromatic rings. The van der Waals surface area contributed by atoms with Crippen molar-refractivity contribution < 1.29 is 4.74 Å². The Morgan fingerprint density at radius 1 is 1.15 bits per heavy atom. The molecule has 0 aliphatic heterocycles. The Morgan fingerprint density at radius 3 is 2.40 bits per heavy atom. The Bertz CT molecular complexity index is 405. The van der Waals surface area contributed by atoms with Crippen LogP contribution in [-0.2, 0) is 6.54 Å². The van der Waals surface area contributed by atoms with E-state index in [1.165, 1.54) is 0 Å². The third kappa shape index (κ3) is 6.33. The third-order valence-electron chi connectivity index (χ3n) is 3.04. The van der Waals surface area contributed by atoms with Crippen molar-refractivity contribution in [1.82, 2.24) is 15.3 Å². The van der Waals surface area contributed by atoms with Crippen LogP contribution in [0.15, 0.2) is 6.20 Å². The lowest BCUT2D eigenvalue weighted by atomic mass is 10.1. The average Bonchev–Trinajstić information content (AvgIpc) is 2.30. The molecular formula is C16H29N3O. The van der Waals surface area contributed by atoms with E-state index in [-0.39, 0.29) is 6.10 Å². The van der Waals surface area contributed by atoms with Crippen molar-refractivity contribution in [2.45, 2.75) is 60.6 Å². The first-order valence-corrected chi connectivity index (χ1v) is 7.58. The number of hydrogen-bond donors (Lipinski definition) is 1. The normalized spacial score (nSPS) is 13.0. The van der Waals surface area contributed by atoms with Crippen molar-refractivity contribution in [3.63, 3.8) is 0 Å². The fourth-order valence-corrected chi connectivity index (χ4v) is 2.09. The molecule has 0 saturated heterocycles. The number of aryl methyl sites for hydroxylation is 1. The minimum Gasteiger partial charge on any atom is -0.460 e. The summed E-state index contributed by atoms with van der Waals surface area (Å²) < 4.78 is 5.76. The van der Waals surface area contributed by atoms with Gasteiger partial charge in [-0.15, -0.1) is 0 Å². The van der Waals surface area contributed by atoms with Gasteiger partial charge in [0, 0.05) is 24.0 Å². The zero-order chi connectivity index (χ0) is 15.1. The van der Waals surface area contributed by atoms with Gasteiger partial charge < -0.3 is 10.1 Å². The molecule has 1 heterocycles. The summed E-state index contributed by atoms with van der Waals surface area (Å²) >= 11 is 0. The maximum Gasteiger partial charge on any atom is 0.316 e. The van der Waals surface area contributed by atoms with E-state index in [1.807, 2.05) is 13.1 Å². The lowest BCUT2D eigenvalue weighted by molar-refractivity contribution is 0.177. The zero-order valence-electron chi connectivity index (χ0n) is 13.7. The molecule has 20 heavy (non-hydrogen) atoms. The molecule has 4 nitrogen and oxygen atoms in total. The SMILES string of the molecule is Cc1nc(OC(C)CC(C)C)ncc1CNCC(C)C. The number of hydrogen-bond acceptors (Lipinski definition) is 4. The molecule has 0 saturated carbocycles. The van der Waals surface area contributed by atoms with Gasteiger partial charge in [0.15, 0.2) is 0 Å². The van der Waals surface area contributed by atoms with Crippen LogP contribution in [0.2, 0.25) is 0 Å².